The number of hydrogen-bond donors (Lipinski definition) is 2. The number of likely N-dealkylation sites (tertiary alicyclic amines) is 2. The van der Waals surface area contributed by atoms with E-state index in [-0.39, 0.29) is 51.8 Å². The maximum absolute atomic E-state index is 12.0. The number of halogens is 1. The molecule has 7 aliphatic rings. The van der Waals surface area contributed by atoms with Crippen LogP contribution in [-0.4, -0.2) is 95.6 Å². The minimum Gasteiger partial charge on any atom is -1.00 e. The Hall–Kier alpha value is -0.0200. The Morgan fingerprint density at radius 2 is 1.62 bits per heavy atom. The maximum atomic E-state index is 12.0. The van der Waals surface area contributed by atoms with Gasteiger partial charge in [-0.05, 0) is 73.7 Å². The van der Waals surface area contributed by atoms with Crippen LogP contribution in [0.25, 0.3) is 0 Å². The number of aliphatic hydroxyl groups excluding tert-OH is 2. The van der Waals surface area contributed by atoms with Crippen molar-refractivity contribution in [2.24, 2.45) is 34.5 Å². The highest BCUT2D eigenvalue weighted by atomic mass is 79.9. The fraction of sp³-hybridized carbons (Fsp3) is 0.939. The zero-order valence-corrected chi connectivity index (χ0v) is 26.7. The summed E-state index contributed by atoms with van der Waals surface area (Å²) in [4.78, 5) is 2.59. The molecule has 0 aromatic heterocycles. The van der Waals surface area contributed by atoms with Crippen LogP contribution < -0.4 is 17.0 Å². The number of quaternary nitrogens is 1. The van der Waals surface area contributed by atoms with Crippen molar-refractivity contribution in [3.8, 4) is 0 Å². The first kappa shape index (κ1) is 30.0. The van der Waals surface area contributed by atoms with Crippen LogP contribution >= 0.6 is 0 Å². The minimum absolute atomic E-state index is 0. The Morgan fingerprint density at radius 3 is 2.30 bits per heavy atom. The third-order valence-corrected chi connectivity index (χ3v) is 14.2. The summed E-state index contributed by atoms with van der Waals surface area (Å²) in [6, 6.07) is 0.636. The molecule has 0 aromatic rings. The van der Waals surface area contributed by atoms with Gasteiger partial charge in [-0.3, -0.25) is 4.90 Å². The van der Waals surface area contributed by atoms with Gasteiger partial charge < -0.3 is 41.2 Å². The molecule has 7 fully saturated rings. The number of rotatable bonds is 4. The van der Waals surface area contributed by atoms with Gasteiger partial charge in [0.1, 0.15) is 12.1 Å². The molecule has 5 unspecified atom stereocenters. The van der Waals surface area contributed by atoms with Crippen LogP contribution in [0.4, 0.5) is 0 Å². The van der Waals surface area contributed by atoms with Crippen molar-refractivity contribution in [2.75, 3.05) is 45.9 Å². The molecule has 228 valence electrons. The van der Waals surface area contributed by atoms with E-state index in [9.17, 15) is 10.2 Å². The Bertz CT molecular complexity index is 927. The van der Waals surface area contributed by atoms with E-state index in [4.69, 9.17) is 9.47 Å². The maximum Gasteiger partial charge on any atom is 0.170 e. The van der Waals surface area contributed by atoms with Gasteiger partial charge in [0.05, 0.1) is 39.0 Å². The minimum atomic E-state index is -0.354. The Labute approximate surface area is 253 Å². The third-order valence-electron chi connectivity index (χ3n) is 14.2. The lowest BCUT2D eigenvalue weighted by Crippen LogP contribution is -3.00. The molecular weight excluding hydrogens is 568 g/mol. The van der Waals surface area contributed by atoms with Crippen molar-refractivity contribution < 1.29 is 41.2 Å². The van der Waals surface area contributed by atoms with E-state index in [2.05, 4.69) is 31.4 Å². The van der Waals surface area contributed by atoms with Crippen molar-refractivity contribution in [2.45, 2.75) is 115 Å². The van der Waals surface area contributed by atoms with E-state index in [1.165, 1.54) is 58.0 Å². The van der Waals surface area contributed by atoms with E-state index in [0.29, 0.717) is 17.9 Å². The molecule has 1 spiro atoms. The SMILES string of the molecule is C=CC[N+]1(C2C[C@H]3[C@@H]4CCC5CC(O)C(N6CCC7(CC6)OCCO7)C[C@]5(C)[C@@H]4CC[C@]3(C)C2O)CCCC1.[Br-]. The summed E-state index contributed by atoms with van der Waals surface area (Å²) in [6.45, 7) is 16.0. The fourth-order valence-corrected chi connectivity index (χ4v) is 12.0. The van der Waals surface area contributed by atoms with Crippen LogP contribution in [0.5, 0.6) is 0 Å². The normalized spacial score (nSPS) is 49.6. The molecule has 6 nitrogen and oxygen atoms in total. The molecular formula is C33H55BrN2O4. The molecule has 3 heterocycles. The first-order valence-corrected chi connectivity index (χ1v) is 16.6. The van der Waals surface area contributed by atoms with Gasteiger partial charge in [-0.15, -0.1) is 0 Å². The number of hydrogen-bond acceptors (Lipinski definition) is 5. The van der Waals surface area contributed by atoms with E-state index in [1.54, 1.807) is 0 Å². The van der Waals surface area contributed by atoms with Gasteiger partial charge >= 0.3 is 0 Å². The summed E-state index contributed by atoms with van der Waals surface area (Å²) >= 11 is 0. The molecule has 3 aliphatic heterocycles. The quantitative estimate of drug-likeness (QED) is 0.366. The van der Waals surface area contributed by atoms with Gasteiger partial charge in [0.2, 0.25) is 0 Å². The van der Waals surface area contributed by atoms with Gasteiger partial charge in [0.25, 0.3) is 0 Å². The van der Waals surface area contributed by atoms with E-state index >= 15 is 0 Å². The zero-order chi connectivity index (χ0) is 27.0. The molecule has 0 aromatic carbocycles. The van der Waals surface area contributed by atoms with Crippen LogP contribution in [0.15, 0.2) is 12.7 Å². The van der Waals surface area contributed by atoms with Crippen LogP contribution in [0.2, 0.25) is 0 Å². The van der Waals surface area contributed by atoms with Crippen molar-refractivity contribution in [3.63, 3.8) is 0 Å². The van der Waals surface area contributed by atoms with Crippen LogP contribution in [0, 0.1) is 34.5 Å². The van der Waals surface area contributed by atoms with Crippen molar-refractivity contribution in [1.82, 2.24) is 4.90 Å². The van der Waals surface area contributed by atoms with Crippen molar-refractivity contribution in [1.29, 1.82) is 0 Å². The molecule has 7 heteroatoms. The molecule has 7 rings (SSSR count). The van der Waals surface area contributed by atoms with Gasteiger partial charge in [-0.25, -0.2) is 0 Å². The standard InChI is InChI=1S/C33H55N2O4.BrH/c1-4-15-35(16-5-6-17-35)28-21-26-24-8-7-23-20-29(36)27(34-13-11-33(12-14-34)38-18-19-39-33)22-32(23,3)25(24)9-10-31(26,2)30(28)37;/h4,23-30,36-37H,1,5-22H2,2-3H3;1H/q+1;/p-1/t23?,24-,25-,26+,27?,28?,29?,30?,31+,32+;/m1./s1. The van der Waals surface area contributed by atoms with Crippen LogP contribution in [0.3, 0.4) is 0 Å². The molecule has 0 radical (unpaired) electrons. The number of ether oxygens (including phenoxy) is 2. The molecule has 10 atom stereocenters. The lowest BCUT2D eigenvalue weighted by molar-refractivity contribution is -0.938. The van der Waals surface area contributed by atoms with Gasteiger partial charge in [0, 0.05) is 56.7 Å². The molecule has 4 saturated carbocycles. The second kappa shape index (κ2) is 10.9. The number of nitrogens with zero attached hydrogens (tertiary/aromatic N) is 2. The van der Waals surface area contributed by atoms with Crippen molar-refractivity contribution >= 4 is 0 Å². The van der Waals surface area contributed by atoms with E-state index in [0.717, 1.165) is 74.9 Å². The van der Waals surface area contributed by atoms with Crippen molar-refractivity contribution in [3.05, 3.63) is 12.7 Å². The largest absolute Gasteiger partial charge is 1.00 e. The zero-order valence-electron chi connectivity index (χ0n) is 25.1. The second-order valence-electron chi connectivity index (χ2n) is 15.5. The first-order chi connectivity index (χ1) is 18.7. The Morgan fingerprint density at radius 1 is 0.925 bits per heavy atom. The molecule has 0 bridgehead atoms. The average Bonchev–Trinajstić information content (AvgIpc) is 3.65. The number of aliphatic hydroxyl groups is 2. The molecule has 3 saturated heterocycles. The Kier molecular flexibility index (Phi) is 8.15. The van der Waals surface area contributed by atoms with Crippen LogP contribution in [-0.2, 0) is 9.47 Å². The molecule has 4 aliphatic carbocycles. The topological polar surface area (TPSA) is 62.2 Å². The van der Waals surface area contributed by atoms with E-state index in [1.807, 2.05) is 0 Å². The summed E-state index contributed by atoms with van der Waals surface area (Å²) in [5.41, 5.74) is 0.341. The lowest BCUT2D eigenvalue weighted by atomic mass is 9.44. The summed E-state index contributed by atoms with van der Waals surface area (Å²) in [5, 5.41) is 23.4. The molecule has 40 heavy (non-hydrogen) atoms. The molecule has 0 amide bonds. The summed E-state index contributed by atoms with van der Waals surface area (Å²) in [6.07, 6.45) is 14.4. The monoisotopic (exact) mass is 622 g/mol. The highest BCUT2D eigenvalue weighted by molar-refractivity contribution is 5.13. The first-order valence-electron chi connectivity index (χ1n) is 16.6. The smallest absolute Gasteiger partial charge is 0.170 e. The number of piperidine rings is 1. The summed E-state index contributed by atoms with van der Waals surface area (Å²) < 4.78 is 13.1. The Balaban J connectivity index is 0.00000289. The number of fused-ring (bicyclic) bond motifs is 5. The highest BCUT2D eigenvalue weighted by Gasteiger charge is 2.66. The molecule has 2 N–H and O–H groups in total. The average molecular weight is 624 g/mol. The second-order valence-corrected chi connectivity index (χ2v) is 15.5. The van der Waals surface area contributed by atoms with Gasteiger partial charge in [0.15, 0.2) is 5.79 Å². The summed E-state index contributed by atoms with van der Waals surface area (Å²) in [7, 11) is 0. The van der Waals surface area contributed by atoms with Gasteiger partial charge in [-0.1, -0.05) is 20.4 Å². The lowest BCUT2D eigenvalue weighted by Gasteiger charge is -2.62. The highest BCUT2D eigenvalue weighted by Crippen LogP contribution is 2.67. The fourth-order valence-electron chi connectivity index (χ4n) is 12.0. The predicted molar refractivity (Wildman–Crippen MR) is 152 cm³/mol. The summed E-state index contributed by atoms with van der Waals surface area (Å²) in [5.74, 6) is 2.35. The third kappa shape index (κ3) is 4.45. The van der Waals surface area contributed by atoms with Crippen LogP contribution in [0.1, 0.15) is 84.5 Å². The van der Waals surface area contributed by atoms with Gasteiger partial charge in [-0.2, -0.15) is 0 Å². The van der Waals surface area contributed by atoms with E-state index < -0.39 is 0 Å². The predicted octanol–water partition coefficient (Wildman–Crippen LogP) is 1.35.